The van der Waals surface area contributed by atoms with Gasteiger partial charge in [0.1, 0.15) is 17.5 Å². The van der Waals surface area contributed by atoms with Gasteiger partial charge in [-0.3, -0.25) is 14.5 Å². The molecule has 2 N–H and O–H groups in total. The average molecular weight is 484 g/mol. The topological polar surface area (TPSA) is 108 Å². The van der Waals surface area contributed by atoms with E-state index in [1.165, 1.54) is 0 Å². The molecule has 35 heavy (non-hydrogen) atoms. The summed E-state index contributed by atoms with van der Waals surface area (Å²) < 4.78 is 10.8. The lowest BCUT2D eigenvalue weighted by Gasteiger charge is -2.38. The summed E-state index contributed by atoms with van der Waals surface area (Å²) in [6, 6.07) is 13.1. The van der Waals surface area contributed by atoms with Gasteiger partial charge in [-0.1, -0.05) is 24.3 Å². The Balaban J connectivity index is 1.51. The number of carboxylic acids is 1. The van der Waals surface area contributed by atoms with Crippen LogP contribution in [0, 0.1) is 0 Å². The lowest BCUT2D eigenvalue weighted by molar-refractivity contribution is -0.140. The molecule has 0 aliphatic carbocycles. The summed E-state index contributed by atoms with van der Waals surface area (Å²) in [6.07, 6.45) is 0.0836. The Morgan fingerprint density at radius 2 is 1.69 bits per heavy atom. The number of nitrogens with zero attached hydrogens (tertiary/aromatic N) is 2. The molecule has 1 aliphatic heterocycles. The number of piperazine rings is 1. The first kappa shape index (κ1) is 26.0. The minimum absolute atomic E-state index is 0.0341. The largest absolute Gasteiger partial charge is 0.497 e. The molecule has 2 aromatic carbocycles. The number of aliphatic carboxylic acids is 1. The molecule has 1 aliphatic rings. The first-order valence-electron chi connectivity index (χ1n) is 11.7. The molecular weight excluding hydrogens is 450 g/mol. The number of benzene rings is 2. The van der Waals surface area contributed by atoms with Crippen molar-refractivity contribution < 1.29 is 29.0 Å². The van der Waals surface area contributed by atoms with E-state index >= 15 is 0 Å². The molecular formula is C26H33N3O6. The maximum atomic E-state index is 12.8. The molecule has 2 amide bonds. The fraction of sp³-hybridized carbons (Fsp3) is 0.423. The second kappa shape index (κ2) is 12.2. The van der Waals surface area contributed by atoms with Crippen LogP contribution in [0.15, 0.2) is 48.5 Å². The van der Waals surface area contributed by atoms with Crippen LogP contribution in [0.4, 0.5) is 0 Å². The summed E-state index contributed by atoms with van der Waals surface area (Å²) in [7, 11) is 3.25. The average Bonchev–Trinajstić information content (AvgIpc) is 2.90. The second-order valence-electron chi connectivity index (χ2n) is 8.47. The maximum Gasteiger partial charge on any atom is 0.326 e. The smallest absolute Gasteiger partial charge is 0.326 e. The normalized spacial score (nSPS) is 15.7. The van der Waals surface area contributed by atoms with Crippen LogP contribution in [0.25, 0.3) is 0 Å². The van der Waals surface area contributed by atoms with E-state index in [2.05, 4.69) is 17.1 Å². The van der Waals surface area contributed by atoms with Crippen molar-refractivity contribution in [2.75, 3.05) is 40.4 Å². The molecule has 0 radical (unpaired) electrons. The molecule has 1 unspecified atom stereocenters. The number of amides is 2. The van der Waals surface area contributed by atoms with E-state index in [4.69, 9.17) is 9.47 Å². The number of hydrogen-bond donors (Lipinski definition) is 2. The van der Waals surface area contributed by atoms with E-state index in [0.29, 0.717) is 31.7 Å². The van der Waals surface area contributed by atoms with Gasteiger partial charge < -0.3 is 24.8 Å². The zero-order valence-corrected chi connectivity index (χ0v) is 20.4. The number of ether oxygens (including phenoxy) is 2. The predicted molar refractivity (Wildman–Crippen MR) is 131 cm³/mol. The summed E-state index contributed by atoms with van der Waals surface area (Å²) in [4.78, 5) is 40.8. The number of carbonyl (C=O) groups excluding carboxylic acids is 2. The Bertz CT molecular complexity index is 1020. The number of methoxy groups -OCH3 is 2. The fourth-order valence-corrected chi connectivity index (χ4v) is 4.23. The molecule has 2 atom stereocenters. The maximum absolute atomic E-state index is 12.8. The molecule has 9 nitrogen and oxygen atoms in total. The number of nitrogens with one attached hydrogen (secondary N) is 1. The first-order valence-corrected chi connectivity index (χ1v) is 11.7. The molecule has 0 bridgehead atoms. The zero-order chi connectivity index (χ0) is 25.4. The van der Waals surface area contributed by atoms with Crippen LogP contribution in [-0.2, 0) is 9.59 Å². The third-order valence-electron chi connectivity index (χ3n) is 6.39. The van der Waals surface area contributed by atoms with E-state index in [1.54, 1.807) is 49.5 Å². The highest BCUT2D eigenvalue weighted by Crippen LogP contribution is 2.32. The minimum atomic E-state index is -1.16. The summed E-state index contributed by atoms with van der Waals surface area (Å²) >= 11 is 0. The Morgan fingerprint density at radius 1 is 1.00 bits per heavy atom. The van der Waals surface area contributed by atoms with Crippen molar-refractivity contribution in [2.45, 2.75) is 31.8 Å². The van der Waals surface area contributed by atoms with Crippen LogP contribution in [-0.4, -0.2) is 79.1 Å². The van der Waals surface area contributed by atoms with Crippen molar-refractivity contribution in [1.82, 2.24) is 15.1 Å². The van der Waals surface area contributed by atoms with Gasteiger partial charge in [-0.15, -0.1) is 0 Å². The van der Waals surface area contributed by atoms with Gasteiger partial charge in [-0.25, -0.2) is 4.79 Å². The van der Waals surface area contributed by atoms with Crippen LogP contribution in [0.3, 0.4) is 0 Å². The summed E-state index contributed by atoms with van der Waals surface area (Å²) in [6.45, 7) is 4.59. The molecule has 1 saturated heterocycles. The Hall–Kier alpha value is -3.59. The third-order valence-corrected chi connectivity index (χ3v) is 6.39. The van der Waals surface area contributed by atoms with Crippen molar-refractivity contribution in [1.29, 1.82) is 0 Å². The second-order valence-corrected chi connectivity index (χ2v) is 8.47. The van der Waals surface area contributed by atoms with Crippen molar-refractivity contribution in [2.24, 2.45) is 0 Å². The van der Waals surface area contributed by atoms with Crippen LogP contribution >= 0.6 is 0 Å². The highest BCUT2D eigenvalue weighted by molar-refractivity contribution is 5.96. The molecule has 2 aromatic rings. The summed E-state index contributed by atoms with van der Waals surface area (Å²) in [5.41, 5.74) is 1.43. The number of rotatable bonds is 10. The van der Waals surface area contributed by atoms with Gasteiger partial charge in [-0.2, -0.15) is 0 Å². The van der Waals surface area contributed by atoms with Crippen LogP contribution in [0.2, 0.25) is 0 Å². The lowest BCUT2D eigenvalue weighted by atomic mass is 10.0. The van der Waals surface area contributed by atoms with Crippen LogP contribution in [0.5, 0.6) is 11.5 Å². The van der Waals surface area contributed by atoms with Crippen molar-refractivity contribution in [3.63, 3.8) is 0 Å². The van der Waals surface area contributed by atoms with Gasteiger partial charge in [0, 0.05) is 55.8 Å². The SMILES string of the molecule is COc1ccc(C(C)N2CCN(C(=O)CC[C@H](NC(=O)c3ccccc3)C(=O)O)CC2)c(OC)c1. The number of hydrogen-bond acceptors (Lipinski definition) is 6. The fourth-order valence-electron chi connectivity index (χ4n) is 4.23. The number of carbonyl (C=O) groups is 3. The van der Waals surface area contributed by atoms with Gasteiger partial charge in [0.2, 0.25) is 5.91 Å². The van der Waals surface area contributed by atoms with Crippen LogP contribution < -0.4 is 14.8 Å². The van der Waals surface area contributed by atoms with Gasteiger partial charge in [-0.05, 0) is 31.5 Å². The first-order chi connectivity index (χ1) is 16.8. The van der Waals surface area contributed by atoms with Gasteiger partial charge in [0.15, 0.2) is 0 Å². The van der Waals surface area contributed by atoms with Gasteiger partial charge in [0.25, 0.3) is 5.91 Å². The zero-order valence-electron chi connectivity index (χ0n) is 20.4. The van der Waals surface area contributed by atoms with E-state index in [0.717, 1.165) is 17.1 Å². The standard InChI is InChI=1S/C26H33N3O6/c1-18(21-10-9-20(34-2)17-23(21)35-3)28-13-15-29(16-14-28)24(30)12-11-22(26(32)33)27-25(31)19-7-5-4-6-8-19/h4-10,17-18,22H,11-16H2,1-3H3,(H,27,31)(H,32,33)/t18?,22-/m0/s1. The summed E-state index contributed by atoms with van der Waals surface area (Å²) in [5, 5.41) is 12.0. The molecule has 1 fully saturated rings. The van der Waals surface area contributed by atoms with Gasteiger partial charge >= 0.3 is 5.97 Å². The molecule has 9 heteroatoms. The monoisotopic (exact) mass is 483 g/mol. The van der Waals surface area contributed by atoms with Gasteiger partial charge in [0.05, 0.1) is 14.2 Å². The molecule has 0 aromatic heterocycles. The van der Waals surface area contributed by atoms with E-state index in [1.807, 2.05) is 18.2 Å². The molecule has 3 rings (SSSR count). The van der Waals surface area contributed by atoms with Crippen LogP contribution in [0.1, 0.15) is 41.7 Å². The Labute approximate surface area is 205 Å². The van der Waals surface area contributed by atoms with E-state index < -0.39 is 17.9 Å². The lowest BCUT2D eigenvalue weighted by Crippen LogP contribution is -2.49. The quantitative estimate of drug-likeness (QED) is 0.535. The highest BCUT2D eigenvalue weighted by Gasteiger charge is 2.28. The van der Waals surface area contributed by atoms with Crippen molar-refractivity contribution >= 4 is 17.8 Å². The predicted octanol–water partition coefficient (Wildman–Crippen LogP) is 2.57. The number of carboxylic acid groups (broad SMARTS) is 1. The minimum Gasteiger partial charge on any atom is -0.497 e. The highest BCUT2D eigenvalue weighted by atomic mass is 16.5. The summed E-state index contributed by atoms with van der Waals surface area (Å²) in [5.74, 6) is -0.254. The molecule has 0 spiro atoms. The molecule has 0 saturated carbocycles. The Morgan fingerprint density at radius 3 is 2.29 bits per heavy atom. The molecule has 188 valence electrons. The van der Waals surface area contributed by atoms with E-state index in [9.17, 15) is 19.5 Å². The molecule has 1 heterocycles. The van der Waals surface area contributed by atoms with Crippen molar-refractivity contribution in [3.8, 4) is 11.5 Å². The van der Waals surface area contributed by atoms with Crippen molar-refractivity contribution in [3.05, 3.63) is 59.7 Å². The third kappa shape index (κ3) is 6.73. The Kier molecular flexibility index (Phi) is 9.08. The van der Waals surface area contributed by atoms with E-state index in [-0.39, 0.29) is 24.8 Å².